The lowest BCUT2D eigenvalue weighted by Crippen LogP contribution is -2.07. The molecule has 128 valence electrons. The molecule has 2 N–H and O–H groups in total. The Labute approximate surface area is 148 Å². The monoisotopic (exact) mass is 366 g/mol. The van der Waals surface area contributed by atoms with Crippen LogP contribution in [0.2, 0.25) is 0 Å². The van der Waals surface area contributed by atoms with Crippen molar-refractivity contribution in [1.29, 1.82) is 0 Å². The van der Waals surface area contributed by atoms with Crippen LogP contribution in [0.15, 0.2) is 35.6 Å². The second-order valence-electron chi connectivity index (χ2n) is 5.85. The summed E-state index contributed by atoms with van der Waals surface area (Å²) >= 11 is 1.44. The normalized spacial score (nSPS) is 11.7. The van der Waals surface area contributed by atoms with E-state index in [9.17, 15) is 9.59 Å². The third kappa shape index (κ3) is 1.99. The zero-order chi connectivity index (χ0) is 18.0. The quantitative estimate of drug-likeness (QED) is 0.492. The number of aromatic nitrogens is 6. The first-order chi connectivity index (χ1) is 12.5. The summed E-state index contributed by atoms with van der Waals surface area (Å²) in [6, 6.07) is 1.39. The lowest BCUT2D eigenvalue weighted by Gasteiger charge is -1.99. The van der Waals surface area contributed by atoms with E-state index in [-0.39, 0.29) is 11.1 Å². The summed E-state index contributed by atoms with van der Waals surface area (Å²) in [6.45, 7) is 0. The van der Waals surface area contributed by atoms with Gasteiger partial charge in [-0.15, -0.1) is 11.3 Å². The molecule has 0 bridgehead atoms. The molecule has 0 radical (unpaired) electrons. The first-order valence-electron chi connectivity index (χ1n) is 7.57. The van der Waals surface area contributed by atoms with Gasteiger partial charge in [0.2, 0.25) is 0 Å². The summed E-state index contributed by atoms with van der Waals surface area (Å²) in [5.74, 6) is -1.10. The molecule has 26 heavy (non-hydrogen) atoms. The number of pyridine rings is 2. The van der Waals surface area contributed by atoms with Gasteiger partial charge >= 0.3 is 5.97 Å². The fourth-order valence-electron chi connectivity index (χ4n) is 2.95. The summed E-state index contributed by atoms with van der Waals surface area (Å²) in [6.07, 6.45) is 6.75. The fraction of sp³-hybridized carbons (Fsp3) is 0.0625. The van der Waals surface area contributed by atoms with Crippen LogP contribution in [-0.4, -0.2) is 40.4 Å². The molecule has 5 heterocycles. The number of H-pyrrole nitrogens is 1. The molecular weight excluding hydrogens is 356 g/mol. The van der Waals surface area contributed by atoms with Gasteiger partial charge in [-0.2, -0.15) is 10.2 Å². The zero-order valence-electron chi connectivity index (χ0n) is 13.3. The van der Waals surface area contributed by atoms with E-state index in [0.717, 1.165) is 10.4 Å². The van der Waals surface area contributed by atoms with E-state index in [4.69, 9.17) is 5.11 Å². The molecule has 5 aromatic heterocycles. The van der Waals surface area contributed by atoms with Crippen LogP contribution in [0.1, 0.15) is 10.4 Å². The van der Waals surface area contributed by atoms with Gasteiger partial charge in [0.05, 0.1) is 22.2 Å². The van der Waals surface area contributed by atoms with E-state index in [2.05, 4.69) is 20.2 Å². The Morgan fingerprint density at radius 3 is 2.85 bits per heavy atom. The molecule has 9 nitrogen and oxygen atoms in total. The molecule has 0 aromatic carbocycles. The van der Waals surface area contributed by atoms with E-state index in [1.807, 2.05) is 19.4 Å². The number of hydrogen-bond donors (Lipinski definition) is 2. The Morgan fingerprint density at radius 2 is 2.12 bits per heavy atom. The Balaban J connectivity index is 1.81. The van der Waals surface area contributed by atoms with Crippen LogP contribution in [0.25, 0.3) is 37.2 Å². The van der Waals surface area contributed by atoms with Gasteiger partial charge in [-0.25, -0.2) is 9.31 Å². The molecule has 0 saturated carbocycles. The van der Waals surface area contributed by atoms with Crippen molar-refractivity contribution in [2.75, 3.05) is 0 Å². The molecule has 5 rings (SSSR count). The number of rotatable bonds is 2. The minimum absolute atomic E-state index is 0.00684. The number of nitrogens with one attached hydrogen (secondary N) is 1. The predicted molar refractivity (Wildman–Crippen MR) is 95.7 cm³/mol. The van der Waals surface area contributed by atoms with Crippen molar-refractivity contribution in [3.63, 3.8) is 0 Å². The fourth-order valence-corrected chi connectivity index (χ4v) is 4.01. The van der Waals surface area contributed by atoms with E-state index in [1.54, 1.807) is 15.4 Å². The molecule has 5 aromatic rings. The number of carboxylic acids is 1. The van der Waals surface area contributed by atoms with Gasteiger partial charge in [-0.3, -0.25) is 14.5 Å². The van der Waals surface area contributed by atoms with Gasteiger partial charge in [0, 0.05) is 31.2 Å². The van der Waals surface area contributed by atoms with Gasteiger partial charge in [0.25, 0.3) is 5.56 Å². The lowest BCUT2D eigenvalue weighted by atomic mass is 10.2. The van der Waals surface area contributed by atoms with Crippen molar-refractivity contribution < 1.29 is 9.90 Å². The van der Waals surface area contributed by atoms with Crippen LogP contribution in [0.3, 0.4) is 0 Å². The highest BCUT2D eigenvalue weighted by atomic mass is 32.1. The minimum atomic E-state index is -1.10. The van der Waals surface area contributed by atoms with Crippen molar-refractivity contribution in [3.05, 3.63) is 46.8 Å². The number of aryl methyl sites for hydroxylation is 1. The SMILES string of the molecule is Cn1cc(-c2cn3nc4c5ncc(C(=O)O)cc5[nH]c(=O)c4c3s2)cn1. The van der Waals surface area contributed by atoms with Gasteiger partial charge in [-0.05, 0) is 6.07 Å². The maximum Gasteiger partial charge on any atom is 0.337 e. The average molecular weight is 366 g/mol. The first kappa shape index (κ1) is 14.8. The van der Waals surface area contributed by atoms with Crippen LogP contribution in [0.5, 0.6) is 0 Å². The molecule has 0 aliphatic rings. The summed E-state index contributed by atoms with van der Waals surface area (Å²) < 4.78 is 3.36. The Morgan fingerprint density at radius 1 is 1.27 bits per heavy atom. The molecular formula is C16H10N6O3S. The van der Waals surface area contributed by atoms with Crippen molar-refractivity contribution in [3.8, 4) is 10.4 Å². The zero-order valence-corrected chi connectivity index (χ0v) is 14.1. The second kappa shape index (κ2) is 4.99. The highest BCUT2D eigenvalue weighted by Crippen LogP contribution is 2.32. The standard InChI is InChI=1S/C16H10N6O3S/c1-21-5-8(4-18-21)10-6-22-15(26-10)11-13(20-22)12-9(19-14(11)23)2-7(3-17-12)16(24)25/h2-6H,1H3,(H,19,23)(H,24,25). The maximum absolute atomic E-state index is 12.6. The summed E-state index contributed by atoms with van der Waals surface area (Å²) in [5, 5.41) is 18.2. The van der Waals surface area contributed by atoms with E-state index in [1.165, 1.54) is 23.6 Å². The van der Waals surface area contributed by atoms with E-state index >= 15 is 0 Å². The number of nitrogens with zero attached hydrogens (tertiary/aromatic N) is 5. The number of thiazole rings is 1. The highest BCUT2D eigenvalue weighted by Gasteiger charge is 2.18. The van der Waals surface area contributed by atoms with Crippen LogP contribution in [-0.2, 0) is 7.05 Å². The topological polar surface area (TPSA) is 118 Å². The van der Waals surface area contributed by atoms with Crippen molar-refractivity contribution in [2.45, 2.75) is 0 Å². The predicted octanol–water partition coefficient (Wildman–Crippen LogP) is 1.88. The van der Waals surface area contributed by atoms with Crippen LogP contribution in [0, 0.1) is 0 Å². The number of carbonyl (C=O) groups is 1. The molecule has 10 heteroatoms. The summed E-state index contributed by atoms with van der Waals surface area (Å²) in [4.78, 5) is 32.3. The van der Waals surface area contributed by atoms with Gasteiger partial charge in [0.15, 0.2) is 0 Å². The summed E-state index contributed by atoms with van der Waals surface area (Å²) in [7, 11) is 1.84. The van der Waals surface area contributed by atoms with Gasteiger partial charge in [0.1, 0.15) is 21.3 Å². The number of aromatic carboxylic acids is 1. The maximum atomic E-state index is 12.6. The van der Waals surface area contributed by atoms with Crippen molar-refractivity contribution in [2.24, 2.45) is 7.05 Å². The summed E-state index contributed by atoms with van der Waals surface area (Å²) in [5.41, 5.74) is 1.88. The minimum Gasteiger partial charge on any atom is -0.478 e. The Hall–Kier alpha value is -3.53. The second-order valence-corrected chi connectivity index (χ2v) is 6.88. The Bertz CT molecular complexity index is 1410. The smallest absolute Gasteiger partial charge is 0.337 e. The Kier molecular flexibility index (Phi) is 2.84. The van der Waals surface area contributed by atoms with Crippen molar-refractivity contribution in [1.82, 2.24) is 29.4 Å². The molecule has 0 aliphatic heterocycles. The van der Waals surface area contributed by atoms with Gasteiger partial charge in [-0.1, -0.05) is 0 Å². The lowest BCUT2D eigenvalue weighted by molar-refractivity contribution is 0.0696. The molecule has 0 fully saturated rings. The highest BCUT2D eigenvalue weighted by molar-refractivity contribution is 7.21. The first-order valence-corrected chi connectivity index (χ1v) is 8.39. The molecule has 0 unspecified atom stereocenters. The number of carboxylic acid groups (broad SMARTS) is 1. The van der Waals surface area contributed by atoms with Crippen LogP contribution >= 0.6 is 11.3 Å². The van der Waals surface area contributed by atoms with Gasteiger partial charge < -0.3 is 10.1 Å². The average Bonchev–Trinajstić information content (AvgIpc) is 3.27. The third-order valence-corrected chi connectivity index (χ3v) is 5.28. The van der Waals surface area contributed by atoms with Crippen molar-refractivity contribution >= 4 is 44.1 Å². The van der Waals surface area contributed by atoms with E-state index < -0.39 is 5.97 Å². The largest absolute Gasteiger partial charge is 0.478 e. The number of hydrogen-bond acceptors (Lipinski definition) is 6. The molecule has 0 amide bonds. The molecule has 0 spiro atoms. The number of aromatic amines is 1. The molecule has 0 atom stereocenters. The van der Waals surface area contributed by atoms with Crippen LogP contribution in [0.4, 0.5) is 0 Å². The molecule has 0 aliphatic carbocycles. The third-order valence-electron chi connectivity index (χ3n) is 4.14. The number of fused-ring (bicyclic) bond motifs is 5. The van der Waals surface area contributed by atoms with E-state index in [0.29, 0.717) is 26.8 Å². The van der Waals surface area contributed by atoms with Crippen LogP contribution < -0.4 is 5.56 Å². The molecule has 0 saturated heterocycles.